The molecule has 3 aromatic heterocycles. The number of ether oxygens (including phenoxy) is 1. The third kappa shape index (κ3) is 5.86. The Bertz CT molecular complexity index is 1500. The molecule has 41 heavy (non-hydrogen) atoms. The van der Waals surface area contributed by atoms with E-state index in [1.165, 1.54) is 13.2 Å². The molecule has 2 aliphatic rings. The van der Waals surface area contributed by atoms with Crippen LogP contribution in [-0.2, 0) is 0 Å². The predicted molar refractivity (Wildman–Crippen MR) is 158 cm³/mol. The van der Waals surface area contributed by atoms with Crippen LogP contribution in [0.3, 0.4) is 0 Å². The highest BCUT2D eigenvalue weighted by atomic mass is 19.1. The van der Waals surface area contributed by atoms with Crippen molar-refractivity contribution in [3.05, 3.63) is 60.9 Å². The second-order valence-corrected chi connectivity index (χ2v) is 10.9. The van der Waals surface area contributed by atoms with Crippen LogP contribution in [0.25, 0.3) is 22.5 Å². The summed E-state index contributed by atoms with van der Waals surface area (Å²) in [4.78, 5) is 18.3. The summed E-state index contributed by atoms with van der Waals surface area (Å²) in [6.45, 7) is 3.84. The van der Waals surface area contributed by atoms with Crippen LogP contribution in [0.5, 0.6) is 5.75 Å². The number of methoxy groups -OCH3 is 1. The smallest absolute Gasteiger partial charge is 0.168 e. The third-order valence-electron chi connectivity index (χ3n) is 7.99. The van der Waals surface area contributed by atoms with Crippen LogP contribution < -0.4 is 20.7 Å². The number of halogens is 1. The Morgan fingerprint density at radius 3 is 2.71 bits per heavy atom. The Kier molecular flexibility index (Phi) is 7.80. The van der Waals surface area contributed by atoms with Gasteiger partial charge in [0.1, 0.15) is 23.2 Å². The average Bonchev–Trinajstić information content (AvgIpc) is 3.48. The van der Waals surface area contributed by atoms with Gasteiger partial charge in [0.2, 0.25) is 0 Å². The maximum absolute atomic E-state index is 14.7. The van der Waals surface area contributed by atoms with E-state index in [1.807, 2.05) is 18.5 Å². The molecule has 0 spiro atoms. The highest BCUT2D eigenvalue weighted by Gasteiger charge is 2.24. The van der Waals surface area contributed by atoms with Gasteiger partial charge in [-0.3, -0.25) is 4.68 Å². The van der Waals surface area contributed by atoms with Crippen LogP contribution in [-0.4, -0.2) is 76.0 Å². The van der Waals surface area contributed by atoms with Gasteiger partial charge in [-0.1, -0.05) is 6.07 Å². The van der Waals surface area contributed by atoms with E-state index in [9.17, 15) is 4.39 Å². The molecule has 2 fully saturated rings. The molecule has 6 rings (SSSR count). The molecule has 214 valence electrons. The van der Waals surface area contributed by atoms with Crippen molar-refractivity contribution in [2.75, 3.05) is 50.6 Å². The SMILES string of the molecule is COc1cccc(F)c1-c1nccc(Nc2cc(N3CCC[C@H](N)C3)c(-c3cnn(C4CCN(C)CC4)c3)cn2)n1. The van der Waals surface area contributed by atoms with E-state index in [-0.39, 0.29) is 17.4 Å². The van der Waals surface area contributed by atoms with Gasteiger partial charge in [-0.05, 0) is 64.0 Å². The molecule has 11 heteroatoms. The topological polar surface area (TPSA) is 110 Å². The summed E-state index contributed by atoms with van der Waals surface area (Å²) in [6, 6.07) is 8.93. The van der Waals surface area contributed by atoms with Crippen molar-refractivity contribution in [1.82, 2.24) is 29.6 Å². The number of nitrogens with two attached hydrogens (primary N) is 1. The number of aromatic nitrogens is 5. The highest BCUT2D eigenvalue weighted by molar-refractivity contribution is 5.80. The van der Waals surface area contributed by atoms with Crippen molar-refractivity contribution < 1.29 is 9.13 Å². The summed E-state index contributed by atoms with van der Waals surface area (Å²) in [5.41, 5.74) is 9.70. The Labute approximate surface area is 239 Å². The van der Waals surface area contributed by atoms with Crippen molar-refractivity contribution >= 4 is 17.3 Å². The summed E-state index contributed by atoms with van der Waals surface area (Å²) >= 11 is 0. The molecule has 1 aromatic carbocycles. The van der Waals surface area contributed by atoms with Crippen LogP contribution >= 0.6 is 0 Å². The highest BCUT2D eigenvalue weighted by Crippen LogP contribution is 2.36. The fraction of sp³-hybridized carbons (Fsp3) is 0.400. The van der Waals surface area contributed by atoms with E-state index < -0.39 is 5.82 Å². The Morgan fingerprint density at radius 2 is 1.90 bits per heavy atom. The first-order valence-corrected chi connectivity index (χ1v) is 14.1. The number of pyridine rings is 1. The standard InChI is InChI=1S/C30H36FN9O/c1-38-13-9-22(10-14-38)40-18-20(16-35-40)23-17-34-28(15-25(23)39-12-4-5-21(32)19-39)36-27-8-11-33-30(37-27)29-24(31)6-3-7-26(29)41-2/h3,6-8,11,15-18,21-22H,4-5,9-10,12-14,19,32H2,1-2H3,(H,33,34,36,37)/t21-/m0/s1. The number of benzene rings is 1. The predicted octanol–water partition coefficient (Wildman–Crippen LogP) is 4.49. The van der Waals surface area contributed by atoms with E-state index in [0.717, 1.165) is 68.7 Å². The monoisotopic (exact) mass is 557 g/mol. The second-order valence-electron chi connectivity index (χ2n) is 10.9. The summed E-state index contributed by atoms with van der Waals surface area (Å²) in [5, 5.41) is 8.04. The first kappa shape index (κ1) is 27.1. The number of rotatable bonds is 7. The molecular formula is C30H36FN9O. The minimum atomic E-state index is -0.450. The largest absolute Gasteiger partial charge is 0.496 e. The summed E-state index contributed by atoms with van der Waals surface area (Å²) in [7, 11) is 3.66. The van der Waals surface area contributed by atoms with Crippen LogP contribution in [0.2, 0.25) is 0 Å². The van der Waals surface area contributed by atoms with Gasteiger partial charge in [0, 0.05) is 60.6 Å². The quantitative estimate of drug-likeness (QED) is 0.340. The number of likely N-dealkylation sites (tertiary alicyclic amines) is 1. The van der Waals surface area contributed by atoms with Crippen molar-refractivity contribution in [3.63, 3.8) is 0 Å². The van der Waals surface area contributed by atoms with Crippen molar-refractivity contribution in [2.24, 2.45) is 5.73 Å². The van der Waals surface area contributed by atoms with Gasteiger partial charge in [0.15, 0.2) is 5.82 Å². The van der Waals surface area contributed by atoms with E-state index in [4.69, 9.17) is 20.6 Å². The van der Waals surface area contributed by atoms with Gasteiger partial charge in [-0.25, -0.2) is 19.3 Å². The lowest BCUT2D eigenvalue weighted by atomic mass is 10.0. The fourth-order valence-electron chi connectivity index (χ4n) is 5.73. The molecule has 5 heterocycles. The number of anilines is 3. The minimum Gasteiger partial charge on any atom is -0.496 e. The molecule has 3 N–H and O–H groups in total. The van der Waals surface area contributed by atoms with Crippen LogP contribution in [0.1, 0.15) is 31.7 Å². The van der Waals surface area contributed by atoms with E-state index >= 15 is 0 Å². The van der Waals surface area contributed by atoms with E-state index in [0.29, 0.717) is 23.4 Å². The molecular weight excluding hydrogens is 521 g/mol. The zero-order valence-corrected chi connectivity index (χ0v) is 23.5. The van der Waals surface area contributed by atoms with Gasteiger partial charge < -0.3 is 25.6 Å². The molecule has 1 atom stereocenters. The van der Waals surface area contributed by atoms with Gasteiger partial charge in [-0.2, -0.15) is 5.10 Å². The van der Waals surface area contributed by atoms with Crippen molar-refractivity contribution in [2.45, 2.75) is 37.8 Å². The van der Waals surface area contributed by atoms with Gasteiger partial charge in [0.25, 0.3) is 0 Å². The summed E-state index contributed by atoms with van der Waals surface area (Å²) in [6.07, 6.45) is 11.8. The zero-order chi connectivity index (χ0) is 28.3. The Balaban J connectivity index is 1.31. The average molecular weight is 558 g/mol. The molecule has 0 unspecified atom stereocenters. The van der Waals surface area contributed by atoms with E-state index in [2.05, 4.69) is 43.0 Å². The molecule has 4 aromatic rings. The van der Waals surface area contributed by atoms with Crippen LogP contribution in [0.4, 0.5) is 21.7 Å². The maximum atomic E-state index is 14.7. The molecule has 0 amide bonds. The molecule has 0 radical (unpaired) electrons. The second kappa shape index (κ2) is 11.8. The van der Waals surface area contributed by atoms with Crippen LogP contribution in [0.15, 0.2) is 55.1 Å². The number of piperidine rings is 2. The molecule has 10 nitrogen and oxygen atoms in total. The molecule has 0 saturated carbocycles. The Hall–Kier alpha value is -4.09. The first-order chi connectivity index (χ1) is 20.0. The molecule has 0 bridgehead atoms. The van der Waals surface area contributed by atoms with Crippen molar-refractivity contribution in [3.8, 4) is 28.3 Å². The normalized spacial score (nSPS) is 18.4. The van der Waals surface area contributed by atoms with Crippen molar-refractivity contribution in [1.29, 1.82) is 0 Å². The number of nitrogens with one attached hydrogen (secondary N) is 1. The van der Waals surface area contributed by atoms with E-state index in [1.54, 1.807) is 24.4 Å². The summed E-state index contributed by atoms with van der Waals surface area (Å²) in [5.74, 6) is 1.26. The van der Waals surface area contributed by atoms with Gasteiger partial charge in [0.05, 0.1) is 24.9 Å². The van der Waals surface area contributed by atoms with Gasteiger partial charge in [-0.15, -0.1) is 0 Å². The zero-order valence-electron chi connectivity index (χ0n) is 23.5. The lowest BCUT2D eigenvalue weighted by Crippen LogP contribution is -2.43. The molecule has 0 aliphatic carbocycles. The number of nitrogens with zero attached hydrogens (tertiary/aromatic N) is 7. The molecule has 2 saturated heterocycles. The van der Waals surface area contributed by atoms with Gasteiger partial charge >= 0.3 is 0 Å². The minimum absolute atomic E-state index is 0.114. The van der Waals surface area contributed by atoms with Crippen LogP contribution in [0, 0.1) is 5.82 Å². The third-order valence-corrected chi connectivity index (χ3v) is 7.99. The first-order valence-electron chi connectivity index (χ1n) is 14.1. The number of hydrogen-bond donors (Lipinski definition) is 2. The Morgan fingerprint density at radius 1 is 1.05 bits per heavy atom. The summed E-state index contributed by atoms with van der Waals surface area (Å²) < 4.78 is 22.2. The fourth-order valence-corrected chi connectivity index (χ4v) is 5.73. The number of hydrogen-bond acceptors (Lipinski definition) is 9. The lowest BCUT2D eigenvalue weighted by molar-refractivity contribution is 0.212. The maximum Gasteiger partial charge on any atom is 0.168 e. The molecule has 2 aliphatic heterocycles. The lowest BCUT2D eigenvalue weighted by Gasteiger charge is -2.34.